The SMILES string of the molecule is CN(C)C(=O)/C=C/C(=O)N(CCC#N)c1ccccc1Cl. The highest BCUT2D eigenvalue weighted by molar-refractivity contribution is 6.34. The Balaban J connectivity index is 2.98. The van der Waals surface area contributed by atoms with Gasteiger partial charge in [0.1, 0.15) is 0 Å². The van der Waals surface area contributed by atoms with Crippen LogP contribution in [0.2, 0.25) is 5.02 Å². The zero-order chi connectivity index (χ0) is 15.8. The summed E-state index contributed by atoms with van der Waals surface area (Å²) in [7, 11) is 3.19. The molecule has 0 saturated heterocycles. The molecule has 0 saturated carbocycles. The third-order valence-electron chi connectivity index (χ3n) is 2.67. The second-order valence-electron chi connectivity index (χ2n) is 4.42. The van der Waals surface area contributed by atoms with E-state index in [9.17, 15) is 9.59 Å². The maximum atomic E-state index is 12.2. The van der Waals surface area contributed by atoms with Crippen molar-refractivity contribution in [1.29, 1.82) is 5.26 Å². The van der Waals surface area contributed by atoms with Crippen molar-refractivity contribution in [2.45, 2.75) is 6.42 Å². The lowest BCUT2D eigenvalue weighted by atomic mass is 10.2. The molecule has 0 aromatic heterocycles. The van der Waals surface area contributed by atoms with Crippen LogP contribution in [-0.4, -0.2) is 37.4 Å². The Labute approximate surface area is 129 Å². The molecule has 0 aliphatic rings. The number of halogens is 1. The zero-order valence-electron chi connectivity index (χ0n) is 11.9. The molecular formula is C15H16ClN3O2. The van der Waals surface area contributed by atoms with E-state index in [1.54, 1.807) is 38.4 Å². The number of hydrogen-bond donors (Lipinski definition) is 0. The van der Waals surface area contributed by atoms with Gasteiger partial charge in [-0.3, -0.25) is 9.59 Å². The predicted octanol–water partition coefficient (Wildman–Crippen LogP) is 2.23. The van der Waals surface area contributed by atoms with Gasteiger partial charge in [0.15, 0.2) is 0 Å². The lowest BCUT2D eigenvalue weighted by molar-refractivity contribution is -0.124. The van der Waals surface area contributed by atoms with Crippen molar-refractivity contribution in [2.24, 2.45) is 0 Å². The molecule has 1 rings (SSSR count). The first-order valence-electron chi connectivity index (χ1n) is 6.29. The monoisotopic (exact) mass is 305 g/mol. The molecule has 0 spiro atoms. The molecule has 110 valence electrons. The molecular weight excluding hydrogens is 290 g/mol. The Hall–Kier alpha value is -2.32. The highest BCUT2D eigenvalue weighted by atomic mass is 35.5. The minimum Gasteiger partial charge on any atom is -0.345 e. The van der Waals surface area contributed by atoms with Gasteiger partial charge in [-0.05, 0) is 12.1 Å². The normalized spacial score (nSPS) is 10.2. The van der Waals surface area contributed by atoms with Crippen molar-refractivity contribution < 1.29 is 9.59 Å². The fourth-order valence-electron chi connectivity index (χ4n) is 1.56. The van der Waals surface area contributed by atoms with Crippen LogP contribution in [0.4, 0.5) is 5.69 Å². The summed E-state index contributed by atoms with van der Waals surface area (Å²) in [6.45, 7) is 0.208. The van der Waals surface area contributed by atoms with Crippen LogP contribution in [-0.2, 0) is 9.59 Å². The Morgan fingerprint density at radius 3 is 2.43 bits per heavy atom. The van der Waals surface area contributed by atoms with Gasteiger partial charge in [-0.15, -0.1) is 0 Å². The minimum absolute atomic E-state index is 0.173. The van der Waals surface area contributed by atoms with Crippen molar-refractivity contribution in [3.05, 3.63) is 41.4 Å². The Kier molecular flexibility index (Phi) is 6.44. The van der Waals surface area contributed by atoms with Crippen molar-refractivity contribution in [1.82, 2.24) is 4.90 Å². The Morgan fingerprint density at radius 1 is 1.24 bits per heavy atom. The van der Waals surface area contributed by atoms with Gasteiger partial charge in [0.05, 0.1) is 23.2 Å². The van der Waals surface area contributed by atoms with Crippen molar-refractivity contribution in [2.75, 3.05) is 25.5 Å². The minimum atomic E-state index is -0.395. The fourth-order valence-corrected chi connectivity index (χ4v) is 1.80. The summed E-state index contributed by atoms with van der Waals surface area (Å²) in [5.41, 5.74) is 0.515. The van der Waals surface area contributed by atoms with Crippen LogP contribution in [0.3, 0.4) is 0 Å². The number of anilines is 1. The van der Waals surface area contributed by atoms with Crippen LogP contribution in [0.15, 0.2) is 36.4 Å². The van der Waals surface area contributed by atoms with Crippen LogP contribution < -0.4 is 4.90 Å². The van der Waals surface area contributed by atoms with Crippen LogP contribution >= 0.6 is 11.6 Å². The second kappa shape index (κ2) is 8.08. The molecule has 0 atom stereocenters. The molecule has 0 bridgehead atoms. The summed E-state index contributed by atoms with van der Waals surface area (Å²) in [6.07, 6.45) is 2.55. The molecule has 0 aliphatic carbocycles. The third kappa shape index (κ3) is 4.93. The standard InChI is InChI=1S/C15H16ClN3O2/c1-18(2)14(20)8-9-15(21)19(11-5-10-17)13-7-4-3-6-12(13)16/h3-4,6-9H,5,11H2,1-2H3/b9-8+. The highest BCUT2D eigenvalue weighted by Gasteiger charge is 2.16. The van der Waals surface area contributed by atoms with E-state index < -0.39 is 5.91 Å². The first-order chi connectivity index (χ1) is 9.97. The summed E-state index contributed by atoms with van der Waals surface area (Å²) < 4.78 is 0. The Morgan fingerprint density at radius 2 is 1.86 bits per heavy atom. The lowest BCUT2D eigenvalue weighted by Crippen LogP contribution is -2.31. The van der Waals surface area contributed by atoms with Gasteiger partial charge < -0.3 is 9.80 Å². The number of para-hydroxylation sites is 1. The predicted molar refractivity (Wildman–Crippen MR) is 81.9 cm³/mol. The largest absolute Gasteiger partial charge is 0.345 e. The molecule has 0 N–H and O–H groups in total. The van der Waals surface area contributed by atoms with Crippen LogP contribution in [0.5, 0.6) is 0 Å². The molecule has 5 nitrogen and oxygen atoms in total. The molecule has 0 unspecified atom stereocenters. The van der Waals surface area contributed by atoms with Gasteiger partial charge in [0, 0.05) is 32.8 Å². The maximum Gasteiger partial charge on any atom is 0.251 e. The smallest absolute Gasteiger partial charge is 0.251 e. The molecule has 0 fully saturated rings. The van der Waals surface area contributed by atoms with Crippen molar-refractivity contribution in [3.63, 3.8) is 0 Å². The van der Waals surface area contributed by atoms with Crippen LogP contribution in [0, 0.1) is 11.3 Å². The second-order valence-corrected chi connectivity index (χ2v) is 4.82. The van der Waals surface area contributed by atoms with E-state index in [4.69, 9.17) is 16.9 Å². The summed E-state index contributed by atoms with van der Waals surface area (Å²) >= 11 is 6.08. The average Bonchev–Trinajstić information content (AvgIpc) is 2.46. The van der Waals surface area contributed by atoms with E-state index in [-0.39, 0.29) is 18.9 Å². The summed E-state index contributed by atoms with van der Waals surface area (Å²) in [5, 5.41) is 9.12. The van der Waals surface area contributed by atoms with Crippen molar-refractivity contribution >= 4 is 29.1 Å². The first kappa shape index (κ1) is 16.7. The van der Waals surface area contributed by atoms with Crippen molar-refractivity contribution in [3.8, 4) is 6.07 Å². The molecule has 2 amide bonds. The molecule has 0 radical (unpaired) electrons. The molecule has 21 heavy (non-hydrogen) atoms. The Bertz CT molecular complexity index is 591. The first-order valence-corrected chi connectivity index (χ1v) is 6.67. The van der Waals surface area contributed by atoms with Gasteiger partial charge in [-0.1, -0.05) is 23.7 Å². The van der Waals surface area contributed by atoms with E-state index in [0.29, 0.717) is 10.7 Å². The molecule has 1 aromatic carbocycles. The summed E-state index contributed by atoms with van der Waals surface area (Å²) in [6, 6.07) is 8.85. The number of nitriles is 1. The van der Waals surface area contributed by atoms with Gasteiger partial charge >= 0.3 is 0 Å². The number of hydrogen-bond acceptors (Lipinski definition) is 3. The van der Waals surface area contributed by atoms with Crippen LogP contribution in [0.25, 0.3) is 0 Å². The number of carbonyl (C=O) groups is 2. The van der Waals surface area contributed by atoms with E-state index >= 15 is 0 Å². The van der Waals surface area contributed by atoms with Gasteiger partial charge in [0.25, 0.3) is 5.91 Å². The molecule has 1 aromatic rings. The zero-order valence-corrected chi connectivity index (χ0v) is 12.7. The number of likely N-dealkylation sites (N-methyl/N-ethyl adjacent to an activating group) is 1. The number of carbonyl (C=O) groups excluding carboxylic acids is 2. The maximum absolute atomic E-state index is 12.2. The quantitative estimate of drug-likeness (QED) is 0.784. The number of benzene rings is 1. The molecule has 0 aliphatic heterocycles. The third-order valence-corrected chi connectivity index (χ3v) is 2.99. The van der Waals surface area contributed by atoms with Gasteiger partial charge in [0.2, 0.25) is 5.91 Å². The summed E-state index contributed by atoms with van der Waals surface area (Å²) in [4.78, 5) is 26.4. The molecule has 0 heterocycles. The average molecular weight is 306 g/mol. The van der Waals surface area contributed by atoms with E-state index in [1.165, 1.54) is 22.0 Å². The topological polar surface area (TPSA) is 64.4 Å². The van der Waals surface area contributed by atoms with E-state index in [1.807, 2.05) is 6.07 Å². The highest BCUT2D eigenvalue weighted by Crippen LogP contribution is 2.25. The summed E-state index contributed by atoms with van der Waals surface area (Å²) in [5.74, 6) is -0.684. The van der Waals surface area contributed by atoms with Gasteiger partial charge in [-0.2, -0.15) is 5.26 Å². The van der Waals surface area contributed by atoms with E-state index in [0.717, 1.165) is 0 Å². The number of nitrogens with zero attached hydrogens (tertiary/aromatic N) is 3. The molecule has 6 heteroatoms. The number of rotatable bonds is 5. The fraction of sp³-hybridized carbons (Fsp3) is 0.267. The van der Waals surface area contributed by atoms with Crippen LogP contribution in [0.1, 0.15) is 6.42 Å². The number of amides is 2. The van der Waals surface area contributed by atoms with Gasteiger partial charge in [-0.25, -0.2) is 0 Å². The lowest BCUT2D eigenvalue weighted by Gasteiger charge is -2.21. The van der Waals surface area contributed by atoms with E-state index in [2.05, 4.69) is 0 Å².